The highest BCUT2D eigenvalue weighted by Gasteiger charge is 2.69. The number of carbonyl (C=O) groups is 5. The molecule has 0 radical (unpaired) electrons. The van der Waals surface area contributed by atoms with Gasteiger partial charge in [-0.15, -0.1) is 0 Å². The second-order valence-corrected chi connectivity index (χ2v) is 12.6. The third-order valence-electron chi connectivity index (χ3n) is 9.75. The number of amides is 1. The topological polar surface area (TPSA) is 158 Å². The van der Waals surface area contributed by atoms with Gasteiger partial charge in [-0.2, -0.15) is 13.2 Å². The van der Waals surface area contributed by atoms with Gasteiger partial charge >= 0.3 is 6.18 Å². The average Bonchev–Trinajstić information content (AvgIpc) is 2.87. The molecular weight excluding hydrogens is 571 g/mol. The Morgan fingerprint density at radius 2 is 1.74 bits per heavy atom. The molecule has 1 aromatic carbocycles. The molecule has 2 saturated carbocycles. The van der Waals surface area contributed by atoms with Crippen molar-refractivity contribution in [3.05, 3.63) is 28.3 Å². The fourth-order valence-corrected chi connectivity index (χ4v) is 7.41. The Morgan fingerprint density at radius 1 is 1.14 bits per heavy atom. The summed E-state index contributed by atoms with van der Waals surface area (Å²) in [5.41, 5.74) is -0.0710. The van der Waals surface area contributed by atoms with Crippen LogP contribution in [-0.4, -0.2) is 87.4 Å². The van der Waals surface area contributed by atoms with Gasteiger partial charge in [0.1, 0.15) is 5.75 Å². The van der Waals surface area contributed by atoms with Crippen LogP contribution in [0.25, 0.3) is 0 Å². The smallest absolute Gasteiger partial charge is 0.417 e. The number of hydrogen-bond donors (Lipinski definition) is 3. The Labute approximate surface area is 247 Å². The maximum absolute atomic E-state index is 14.8. The number of ketones is 4. The molecule has 1 aromatic rings. The summed E-state index contributed by atoms with van der Waals surface area (Å²) in [7, 11) is 2.86. The molecule has 1 amide bonds. The van der Waals surface area contributed by atoms with Crippen LogP contribution in [0.5, 0.6) is 5.75 Å². The third kappa shape index (κ3) is 4.98. The molecule has 0 saturated heterocycles. The summed E-state index contributed by atoms with van der Waals surface area (Å²) < 4.78 is 44.3. The number of phenols is 1. The number of nitrogens with two attached hydrogens (primary N) is 1. The van der Waals surface area contributed by atoms with E-state index in [2.05, 4.69) is 0 Å². The third-order valence-corrected chi connectivity index (χ3v) is 9.75. The van der Waals surface area contributed by atoms with Crippen molar-refractivity contribution in [1.29, 1.82) is 0 Å². The zero-order valence-corrected chi connectivity index (χ0v) is 25.0. The van der Waals surface area contributed by atoms with Crippen LogP contribution in [0.15, 0.2) is 6.07 Å². The Morgan fingerprint density at radius 3 is 2.23 bits per heavy atom. The predicted molar refractivity (Wildman–Crippen MR) is 147 cm³/mol. The van der Waals surface area contributed by atoms with Crippen LogP contribution in [0.1, 0.15) is 61.2 Å². The normalized spacial score (nSPS) is 30.0. The van der Waals surface area contributed by atoms with E-state index < -0.39 is 99.4 Å². The van der Waals surface area contributed by atoms with Crippen LogP contribution in [0.3, 0.4) is 0 Å². The van der Waals surface area contributed by atoms with Crippen LogP contribution in [0.4, 0.5) is 13.2 Å². The average molecular weight is 610 g/mol. The number of hydrogen-bond acceptors (Lipinski definition) is 9. The van der Waals surface area contributed by atoms with Gasteiger partial charge in [-0.05, 0) is 69.4 Å². The second-order valence-electron chi connectivity index (χ2n) is 12.6. The standard InChI is InChI=1S/C30H38F3N3O7/c1-7-36(13(4)12(2)3)11-15-10-18(37)20-16(22(15)30(31,32)33)8-14-9-17-23(35(5)6)25(39)21(28(34)42)27(41)29(17,43)26(40)19(14)24(20)38/h10,12-14,17,19,21,23,37,43H,7-9,11H2,1-6H3,(H2,34,42)/t13-,14-,17-,19?,21?,23-,29-/m0/s1. The van der Waals surface area contributed by atoms with E-state index in [1.54, 1.807) is 0 Å². The van der Waals surface area contributed by atoms with E-state index in [-0.39, 0.29) is 30.5 Å². The molecule has 10 nitrogen and oxygen atoms in total. The first kappa shape index (κ1) is 32.7. The number of aliphatic hydroxyl groups is 1. The SMILES string of the molecule is CCN(Cc1cc(O)c2c(c1C(F)(F)F)C[C@H]1C[C@H]3[C@H](N(C)C)C(=O)C(C(N)=O)C(=O)[C@@]3(O)C(=O)C1C2=O)[C@@H](C)C(C)C. The van der Waals surface area contributed by atoms with Crippen molar-refractivity contribution in [3.8, 4) is 5.75 Å². The fraction of sp³-hybridized carbons (Fsp3) is 0.633. The lowest BCUT2D eigenvalue weighted by atomic mass is 9.52. The number of alkyl halides is 3. The van der Waals surface area contributed by atoms with Crippen molar-refractivity contribution in [2.45, 2.75) is 70.9 Å². The van der Waals surface area contributed by atoms with Gasteiger partial charge in [0, 0.05) is 18.5 Å². The Bertz CT molecular complexity index is 1390. The summed E-state index contributed by atoms with van der Waals surface area (Å²) in [6.45, 7) is 7.84. The minimum Gasteiger partial charge on any atom is -0.507 e. The summed E-state index contributed by atoms with van der Waals surface area (Å²) in [4.78, 5) is 69.5. The molecule has 0 aliphatic heterocycles. The van der Waals surface area contributed by atoms with Gasteiger partial charge in [0.05, 0.1) is 23.1 Å². The van der Waals surface area contributed by atoms with E-state index in [0.717, 1.165) is 6.07 Å². The largest absolute Gasteiger partial charge is 0.507 e. The molecule has 3 aliphatic carbocycles. The maximum Gasteiger partial charge on any atom is 0.417 e. The molecule has 3 aliphatic rings. The first-order valence-corrected chi connectivity index (χ1v) is 14.3. The number of aromatic hydroxyl groups is 1. The minimum atomic E-state index is -4.92. The van der Waals surface area contributed by atoms with Crippen molar-refractivity contribution in [1.82, 2.24) is 9.80 Å². The lowest BCUT2D eigenvalue weighted by molar-refractivity contribution is -0.181. The number of fused-ring (bicyclic) bond motifs is 3. The van der Waals surface area contributed by atoms with Crippen LogP contribution in [0, 0.1) is 29.6 Å². The summed E-state index contributed by atoms with van der Waals surface area (Å²) in [6.07, 6.45) is -5.72. The molecule has 236 valence electrons. The summed E-state index contributed by atoms with van der Waals surface area (Å²) in [6, 6.07) is -0.549. The van der Waals surface area contributed by atoms with E-state index in [1.165, 1.54) is 19.0 Å². The number of carbonyl (C=O) groups excluding carboxylic acids is 5. The molecule has 2 unspecified atom stereocenters. The van der Waals surface area contributed by atoms with Gasteiger partial charge in [-0.3, -0.25) is 33.8 Å². The molecule has 4 N–H and O–H groups in total. The van der Waals surface area contributed by atoms with Crippen molar-refractivity contribution in [3.63, 3.8) is 0 Å². The van der Waals surface area contributed by atoms with Crippen molar-refractivity contribution in [2.24, 2.45) is 35.3 Å². The molecule has 0 spiro atoms. The number of rotatable bonds is 7. The number of primary amides is 1. The number of halogens is 3. The van der Waals surface area contributed by atoms with Crippen molar-refractivity contribution in [2.75, 3.05) is 20.6 Å². The molecule has 4 rings (SSSR count). The number of likely N-dealkylation sites (N-methyl/N-ethyl adjacent to an activating group) is 1. The highest BCUT2D eigenvalue weighted by molar-refractivity contribution is 6.32. The maximum atomic E-state index is 14.8. The van der Waals surface area contributed by atoms with Gasteiger partial charge in [-0.25, -0.2) is 0 Å². The van der Waals surface area contributed by atoms with E-state index in [9.17, 15) is 47.4 Å². The molecule has 0 aromatic heterocycles. The number of phenolic OH excluding ortho intramolecular Hbond substituents is 1. The number of benzene rings is 1. The number of Topliss-reactive ketones (excluding diaryl/α,β-unsaturated/α-hetero) is 4. The second kappa shape index (κ2) is 11.1. The van der Waals surface area contributed by atoms with E-state index in [1.807, 2.05) is 32.6 Å². The van der Waals surface area contributed by atoms with E-state index in [0.29, 0.717) is 6.54 Å². The molecular formula is C30H38F3N3O7. The zero-order valence-electron chi connectivity index (χ0n) is 25.0. The van der Waals surface area contributed by atoms with Crippen LogP contribution >= 0.6 is 0 Å². The Hall–Kier alpha value is -3.16. The summed E-state index contributed by atoms with van der Waals surface area (Å²) >= 11 is 0. The van der Waals surface area contributed by atoms with Gasteiger partial charge in [0.2, 0.25) is 5.91 Å². The van der Waals surface area contributed by atoms with Crippen molar-refractivity contribution >= 4 is 29.0 Å². The highest BCUT2D eigenvalue weighted by Crippen LogP contribution is 2.52. The van der Waals surface area contributed by atoms with Gasteiger partial charge in [0.15, 0.2) is 34.7 Å². The van der Waals surface area contributed by atoms with Crippen molar-refractivity contribution < 1.29 is 47.4 Å². The molecule has 13 heteroatoms. The van der Waals surface area contributed by atoms with E-state index in [4.69, 9.17) is 5.73 Å². The lowest BCUT2D eigenvalue weighted by Gasteiger charge is -2.52. The van der Waals surface area contributed by atoms with Crippen LogP contribution in [0.2, 0.25) is 0 Å². The summed E-state index contributed by atoms with van der Waals surface area (Å²) in [5, 5.41) is 22.6. The first-order valence-electron chi connectivity index (χ1n) is 14.3. The molecule has 2 fully saturated rings. The van der Waals surface area contributed by atoms with Crippen LogP contribution < -0.4 is 5.73 Å². The molecule has 43 heavy (non-hydrogen) atoms. The van der Waals surface area contributed by atoms with Gasteiger partial charge in [0.25, 0.3) is 0 Å². The predicted octanol–water partition coefficient (Wildman–Crippen LogP) is 1.75. The van der Waals surface area contributed by atoms with Gasteiger partial charge < -0.3 is 15.9 Å². The minimum absolute atomic E-state index is 0.0996. The summed E-state index contributed by atoms with van der Waals surface area (Å²) in [5.74, 6) is -13.3. The quantitative estimate of drug-likeness (QED) is 0.392. The van der Waals surface area contributed by atoms with Crippen LogP contribution in [-0.2, 0) is 38.3 Å². The first-order chi connectivity index (χ1) is 19.8. The Balaban J connectivity index is 1.89. The van der Waals surface area contributed by atoms with Gasteiger partial charge in [-0.1, -0.05) is 20.8 Å². The number of nitrogens with zero attached hydrogens (tertiary/aromatic N) is 2. The van der Waals surface area contributed by atoms with E-state index >= 15 is 0 Å². The fourth-order valence-electron chi connectivity index (χ4n) is 7.41. The monoisotopic (exact) mass is 609 g/mol. The lowest BCUT2D eigenvalue weighted by Crippen LogP contribution is -2.74. The highest BCUT2D eigenvalue weighted by atomic mass is 19.4. The Kier molecular flexibility index (Phi) is 8.44. The molecule has 0 heterocycles. The molecule has 0 bridgehead atoms. The molecule has 7 atom stereocenters. The zero-order chi connectivity index (χ0) is 32.5.